The Morgan fingerprint density at radius 3 is 2.94 bits per heavy atom. The molecule has 0 fully saturated rings. The average molecular weight is 242 g/mol. The van der Waals surface area contributed by atoms with Gasteiger partial charge in [0.05, 0.1) is 12.7 Å². The Labute approximate surface area is 101 Å². The molecule has 0 aromatic heterocycles. The highest BCUT2D eigenvalue weighted by Gasteiger charge is 2.18. The largest absolute Gasteiger partial charge is 0.465 e. The van der Waals surface area contributed by atoms with Gasteiger partial charge in [-0.2, -0.15) is 0 Å². The Balaban J connectivity index is 0.00000128. The topological polar surface area (TPSA) is 52.3 Å². The third-order valence-corrected chi connectivity index (χ3v) is 2.92. The van der Waals surface area contributed by atoms with Crippen molar-refractivity contribution < 1.29 is 9.53 Å². The van der Waals surface area contributed by atoms with Crippen LogP contribution >= 0.6 is 12.4 Å². The molecular weight excluding hydrogens is 226 g/mol. The van der Waals surface area contributed by atoms with Crippen LogP contribution in [0.4, 0.5) is 0 Å². The van der Waals surface area contributed by atoms with E-state index in [1.54, 1.807) is 6.07 Å². The Morgan fingerprint density at radius 2 is 2.25 bits per heavy atom. The zero-order valence-corrected chi connectivity index (χ0v) is 10.0. The first-order valence-corrected chi connectivity index (χ1v) is 5.19. The van der Waals surface area contributed by atoms with Crippen molar-refractivity contribution in [3.05, 3.63) is 34.9 Å². The molecule has 0 saturated carbocycles. The molecule has 1 atom stereocenters. The predicted octanol–water partition coefficient (Wildman–Crippen LogP) is 2.23. The third kappa shape index (κ3) is 2.36. The molecule has 2 N–H and O–H groups in total. The molecule has 0 heterocycles. The number of rotatable bonds is 1. The fraction of sp³-hybridized carbons (Fsp3) is 0.417. The molecule has 1 aliphatic rings. The maximum Gasteiger partial charge on any atom is 0.337 e. The summed E-state index contributed by atoms with van der Waals surface area (Å²) >= 11 is 0. The van der Waals surface area contributed by atoms with Crippen molar-refractivity contribution in [3.8, 4) is 0 Å². The first kappa shape index (κ1) is 13.0. The van der Waals surface area contributed by atoms with Gasteiger partial charge >= 0.3 is 5.97 Å². The van der Waals surface area contributed by atoms with E-state index in [1.165, 1.54) is 18.2 Å². The van der Waals surface area contributed by atoms with E-state index < -0.39 is 0 Å². The highest BCUT2D eigenvalue weighted by Crippen LogP contribution is 2.28. The van der Waals surface area contributed by atoms with E-state index in [0.29, 0.717) is 5.56 Å². The first-order chi connectivity index (χ1) is 7.22. The maximum atomic E-state index is 11.3. The number of benzene rings is 1. The summed E-state index contributed by atoms with van der Waals surface area (Å²) in [5.74, 6) is -0.281. The van der Waals surface area contributed by atoms with Crippen molar-refractivity contribution in [2.75, 3.05) is 7.11 Å². The SMILES string of the molecule is COC(=O)c1ccc2c(c1)CCC[C@H]2N.Cl. The van der Waals surface area contributed by atoms with Gasteiger partial charge in [0.2, 0.25) is 0 Å². The van der Waals surface area contributed by atoms with Gasteiger partial charge in [0.25, 0.3) is 0 Å². The van der Waals surface area contributed by atoms with E-state index in [4.69, 9.17) is 5.73 Å². The minimum atomic E-state index is -0.281. The lowest BCUT2D eigenvalue weighted by atomic mass is 9.87. The van der Waals surface area contributed by atoms with Crippen LogP contribution in [0, 0.1) is 0 Å². The van der Waals surface area contributed by atoms with Gasteiger partial charge in [0.15, 0.2) is 0 Å². The summed E-state index contributed by atoms with van der Waals surface area (Å²) in [5, 5.41) is 0. The summed E-state index contributed by atoms with van der Waals surface area (Å²) < 4.78 is 4.68. The molecule has 3 nitrogen and oxygen atoms in total. The van der Waals surface area contributed by atoms with Crippen LogP contribution in [0.25, 0.3) is 0 Å². The van der Waals surface area contributed by atoms with Gasteiger partial charge in [-0.3, -0.25) is 0 Å². The molecule has 0 amide bonds. The maximum absolute atomic E-state index is 11.3. The number of fused-ring (bicyclic) bond motifs is 1. The number of carbonyl (C=O) groups excluding carboxylic acids is 1. The molecule has 0 unspecified atom stereocenters. The van der Waals surface area contributed by atoms with Crippen molar-refractivity contribution in [1.82, 2.24) is 0 Å². The van der Waals surface area contributed by atoms with Gasteiger partial charge in [0.1, 0.15) is 0 Å². The zero-order chi connectivity index (χ0) is 10.8. The highest BCUT2D eigenvalue weighted by molar-refractivity contribution is 5.89. The summed E-state index contributed by atoms with van der Waals surface area (Å²) in [5.41, 5.74) is 8.97. The number of halogens is 1. The van der Waals surface area contributed by atoms with Crippen LogP contribution in [0.2, 0.25) is 0 Å². The molecule has 1 aliphatic carbocycles. The number of hydrogen-bond acceptors (Lipinski definition) is 3. The second kappa shape index (κ2) is 5.32. The standard InChI is InChI=1S/C12H15NO2.ClH/c1-15-12(14)9-5-6-10-8(7-9)3-2-4-11(10)13;/h5-7,11H,2-4,13H2,1H3;1H/t11-;/m1./s1. The van der Waals surface area contributed by atoms with Crippen molar-refractivity contribution in [2.24, 2.45) is 5.73 Å². The van der Waals surface area contributed by atoms with Crippen molar-refractivity contribution in [1.29, 1.82) is 0 Å². The lowest BCUT2D eigenvalue weighted by Crippen LogP contribution is -2.18. The molecule has 1 aromatic carbocycles. The van der Waals surface area contributed by atoms with Crippen LogP contribution in [0.3, 0.4) is 0 Å². The summed E-state index contributed by atoms with van der Waals surface area (Å²) in [6, 6.07) is 5.77. The van der Waals surface area contributed by atoms with E-state index in [2.05, 4.69) is 4.74 Å². The van der Waals surface area contributed by atoms with E-state index in [1.807, 2.05) is 12.1 Å². The fourth-order valence-corrected chi connectivity index (χ4v) is 2.10. The van der Waals surface area contributed by atoms with E-state index in [-0.39, 0.29) is 24.4 Å². The van der Waals surface area contributed by atoms with Crippen LogP contribution in [-0.2, 0) is 11.2 Å². The molecule has 2 rings (SSSR count). The Morgan fingerprint density at radius 1 is 1.50 bits per heavy atom. The van der Waals surface area contributed by atoms with E-state index >= 15 is 0 Å². The Kier molecular flexibility index (Phi) is 4.33. The molecule has 4 heteroatoms. The monoisotopic (exact) mass is 241 g/mol. The number of ether oxygens (including phenoxy) is 1. The van der Waals surface area contributed by atoms with Gasteiger partial charge in [-0.25, -0.2) is 4.79 Å². The molecule has 0 bridgehead atoms. The van der Waals surface area contributed by atoms with Crippen LogP contribution in [0.15, 0.2) is 18.2 Å². The van der Waals surface area contributed by atoms with Crippen molar-refractivity contribution in [2.45, 2.75) is 25.3 Å². The number of nitrogens with two attached hydrogens (primary N) is 1. The molecule has 1 aromatic rings. The van der Waals surface area contributed by atoms with Gasteiger partial charge in [-0.15, -0.1) is 12.4 Å². The van der Waals surface area contributed by atoms with Gasteiger partial charge in [0, 0.05) is 6.04 Å². The molecule has 0 aliphatic heterocycles. The van der Waals surface area contributed by atoms with Gasteiger partial charge in [-0.1, -0.05) is 6.07 Å². The smallest absolute Gasteiger partial charge is 0.337 e. The Hall–Kier alpha value is -1.06. The molecule has 16 heavy (non-hydrogen) atoms. The predicted molar refractivity (Wildman–Crippen MR) is 64.9 cm³/mol. The molecule has 0 radical (unpaired) electrons. The molecule has 88 valence electrons. The summed E-state index contributed by atoms with van der Waals surface area (Å²) in [6.45, 7) is 0. The number of esters is 1. The van der Waals surface area contributed by atoms with Crippen molar-refractivity contribution in [3.63, 3.8) is 0 Å². The normalized spacial score (nSPS) is 18.2. The zero-order valence-electron chi connectivity index (χ0n) is 9.23. The summed E-state index contributed by atoms with van der Waals surface area (Å²) in [6.07, 6.45) is 3.14. The number of methoxy groups -OCH3 is 1. The lowest BCUT2D eigenvalue weighted by molar-refractivity contribution is 0.0600. The lowest BCUT2D eigenvalue weighted by Gasteiger charge is -2.22. The quantitative estimate of drug-likeness (QED) is 0.768. The van der Waals surface area contributed by atoms with Gasteiger partial charge < -0.3 is 10.5 Å². The summed E-state index contributed by atoms with van der Waals surface area (Å²) in [7, 11) is 1.40. The molecule has 0 spiro atoms. The first-order valence-electron chi connectivity index (χ1n) is 5.19. The number of aryl methyl sites for hydroxylation is 1. The minimum Gasteiger partial charge on any atom is -0.465 e. The second-order valence-electron chi connectivity index (χ2n) is 3.90. The van der Waals surface area contributed by atoms with Crippen LogP contribution in [0.5, 0.6) is 0 Å². The van der Waals surface area contributed by atoms with Crippen molar-refractivity contribution >= 4 is 18.4 Å². The molecule has 0 saturated heterocycles. The molecular formula is C12H16ClNO2. The van der Waals surface area contributed by atoms with E-state index in [0.717, 1.165) is 19.3 Å². The Bertz CT molecular complexity index is 393. The van der Waals surface area contributed by atoms with Crippen LogP contribution < -0.4 is 5.73 Å². The van der Waals surface area contributed by atoms with Crippen LogP contribution in [-0.4, -0.2) is 13.1 Å². The average Bonchev–Trinajstić information content (AvgIpc) is 2.28. The van der Waals surface area contributed by atoms with Gasteiger partial charge in [-0.05, 0) is 42.5 Å². The third-order valence-electron chi connectivity index (χ3n) is 2.92. The second-order valence-corrected chi connectivity index (χ2v) is 3.90. The van der Waals surface area contributed by atoms with E-state index in [9.17, 15) is 4.79 Å². The van der Waals surface area contributed by atoms with Crippen LogP contribution in [0.1, 0.15) is 40.4 Å². The minimum absolute atomic E-state index is 0. The fourth-order valence-electron chi connectivity index (χ4n) is 2.10. The number of carbonyl (C=O) groups is 1. The highest BCUT2D eigenvalue weighted by atomic mass is 35.5. The number of hydrogen-bond donors (Lipinski definition) is 1. The summed E-state index contributed by atoms with van der Waals surface area (Å²) in [4.78, 5) is 11.3.